The molecule has 1 aromatic carbocycles. The molecule has 1 aliphatic carbocycles. The molecular formula is C18H22N4O4. The van der Waals surface area contributed by atoms with E-state index in [1.165, 1.54) is 0 Å². The number of carbonyl (C=O) groups is 3. The number of esters is 1. The van der Waals surface area contributed by atoms with Crippen molar-refractivity contribution in [1.82, 2.24) is 20.8 Å². The zero-order chi connectivity index (χ0) is 18.4. The molecule has 1 aliphatic rings. The maximum absolute atomic E-state index is 12.2. The molecule has 0 radical (unpaired) electrons. The standard InChI is InChI=1S/C18H22N4O4/c23-15(20-12-5-1-2-6-12)11-26-16(24)9-10-19-18(25)17-13-7-3-4-8-14(13)21-22-17/h3-4,7-8,12H,1-2,5-6,9-11H2,(H,19,25)(H,20,23)(H,21,22). The Kier molecular flexibility index (Phi) is 5.83. The molecule has 1 aromatic heterocycles. The fourth-order valence-electron chi connectivity index (χ4n) is 3.06. The van der Waals surface area contributed by atoms with Crippen LogP contribution in [0.5, 0.6) is 0 Å². The van der Waals surface area contributed by atoms with Gasteiger partial charge in [-0.3, -0.25) is 19.5 Å². The largest absolute Gasteiger partial charge is 0.456 e. The van der Waals surface area contributed by atoms with Crippen LogP contribution in [-0.4, -0.2) is 47.2 Å². The van der Waals surface area contributed by atoms with Gasteiger partial charge in [0.25, 0.3) is 11.8 Å². The Morgan fingerprint density at radius 1 is 1.19 bits per heavy atom. The number of para-hydroxylation sites is 1. The van der Waals surface area contributed by atoms with Crippen LogP contribution >= 0.6 is 0 Å². The number of carbonyl (C=O) groups excluding carboxylic acids is 3. The van der Waals surface area contributed by atoms with Crippen LogP contribution in [0.4, 0.5) is 0 Å². The van der Waals surface area contributed by atoms with E-state index in [0.717, 1.165) is 36.6 Å². The molecule has 0 unspecified atom stereocenters. The molecule has 1 heterocycles. The number of hydrogen-bond donors (Lipinski definition) is 3. The van der Waals surface area contributed by atoms with Gasteiger partial charge in [0.15, 0.2) is 12.3 Å². The van der Waals surface area contributed by atoms with E-state index in [1.54, 1.807) is 6.07 Å². The van der Waals surface area contributed by atoms with Gasteiger partial charge in [-0.2, -0.15) is 5.10 Å². The number of benzene rings is 1. The smallest absolute Gasteiger partial charge is 0.308 e. The summed E-state index contributed by atoms with van der Waals surface area (Å²) < 4.78 is 4.93. The summed E-state index contributed by atoms with van der Waals surface area (Å²) in [4.78, 5) is 35.5. The summed E-state index contributed by atoms with van der Waals surface area (Å²) in [6, 6.07) is 7.49. The molecule has 26 heavy (non-hydrogen) atoms. The second-order valence-electron chi connectivity index (χ2n) is 6.33. The summed E-state index contributed by atoms with van der Waals surface area (Å²) in [7, 11) is 0. The minimum atomic E-state index is -0.529. The maximum atomic E-state index is 12.2. The highest BCUT2D eigenvalue weighted by atomic mass is 16.5. The van der Waals surface area contributed by atoms with Gasteiger partial charge in [0.2, 0.25) is 0 Å². The van der Waals surface area contributed by atoms with Crippen LogP contribution in [0.15, 0.2) is 24.3 Å². The van der Waals surface area contributed by atoms with E-state index in [4.69, 9.17) is 4.74 Å². The molecule has 138 valence electrons. The van der Waals surface area contributed by atoms with Gasteiger partial charge in [-0.15, -0.1) is 0 Å². The van der Waals surface area contributed by atoms with Crippen LogP contribution in [0.2, 0.25) is 0 Å². The van der Waals surface area contributed by atoms with Crippen LogP contribution in [-0.2, 0) is 14.3 Å². The molecule has 2 aromatic rings. The lowest BCUT2D eigenvalue weighted by molar-refractivity contribution is -0.148. The Balaban J connectivity index is 1.36. The predicted octanol–water partition coefficient (Wildman–Crippen LogP) is 1.28. The average Bonchev–Trinajstić information content (AvgIpc) is 3.29. The number of rotatable bonds is 7. The quantitative estimate of drug-likeness (QED) is 0.646. The third-order valence-electron chi connectivity index (χ3n) is 4.38. The Morgan fingerprint density at radius 2 is 1.96 bits per heavy atom. The predicted molar refractivity (Wildman–Crippen MR) is 94.4 cm³/mol. The lowest BCUT2D eigenvalue weighted by atomic mass is 10.2. The van der Waals surface area contributed by atoms with Crippen molar-refractivity contribution in [2.75, 3.05) is 13.2 Å². The van der Waals surface area contributed by atoms with Crippen molar-refractivity contribution in [2.45, 2.75) is 38.1 Å². The molecule has 8 nitrogen and oxygen atoms in total. The normalized spacial score (nSPS) is 14.3. The summed E-state index contributed by atoms with van der Waals surface area (Å²) >= 11 is 0. The molecule has 0 atom stereocenters. The molecule has 3 rings (SSSR count). The van der Waals surface area contributed by atoms with Gasteiger partial charge >= 0.3 is 5.97 Å². The van der Waals surface area contributed by atoms with E-state index in [2.05, 4.69) is 20.8 Å². The van der Waals surface area contributed by atoms with Crippen LogP contribution in [0.3, 0.4) is 0 Å². The minimum Gasteiger partial charge on any atom is -0.456 e. The zero-order valence-electron chi connectivity index (χ0n) is 14.4. The summed E-state index contributed by atoms with van der Waals surface area (Å²) in [5.41, 5.74) is 1.05. The third-order valence-corrected chi connectivity index (χ3v) is 4.38. The number of hydrogen-bond acceptors (Lipinski definition) is 5. The van der Waals surface area contributed by atoms with E-state index in [1.807, 2.05) is 18.2 Å². The van der Waals surface area contributed by atoms with Gasteiger partial charge in [-0.25, -0.2) is 0 Å². The number of nitrogens with zero attached hydrogens (tertiary/aromatic N) is 1. The lowest BCUT2D eigenvalue weighted by Crippen LogP contribution is -2.36. The Morgan fingerprint density at radius 3 is 2.77 bits per heavy atom. The summed E-state index contributed by atoms with van der Waals surface area (Å²) in [5.74, 6) is -1.18. The second-order valence-corrected chi connectivity index (χ2v) is 6.33. The van der Waals surface area contributed by atoms with Gasteiger partial charge in [0.1, 0.15) is 0 Å². The van der Waals surface area contributed by atoms with Gasteiger partial charge in [0.05, 0.1) is 11.9 Å². The van der Waals surface area contributed by atoms with E-state index in [-0.39, 0.29) is 43.1 Å². The van der Waals surface area contributed by atoms with E-state index < -0.39 is 5.97 Å². The third kappa shape index (κ3) is 4.59. The molecule has 8 heteroatoms. The van der Waals surface area contributed by atoms with Crippen molar-refractivity contribution in [3.63, 3.8) is 0 Å². The SMILES string of the molecule is O=C(COC(=O)CCNC(=O)c1n[nH]c2ccccc12)NC1CCCC1. The number of fused-ring (bicyclic) bond motifs is 1. The van der Waals surface area contributed by atoms with Gasteiger partial charge < -0.3 is 15.4 Å². The topological polar surface area (TPSA) is 113 Å². The summed E-state index contributed by atoms with van der Waals surface area (Å²) in [5, 5.41) is 13.0. The first-order chi connectivity index (χ1) is 12.6. The number of nitrogens with one attached hydrogen (secondary N) is 3. The van der Waals surface area contributed by atoms with E-state index in [0.29, 0.717) is 0 Å². The van der Waals surface area contributed by atoms with Crippen LogP contribution in [0, 0.1) is 0 Å². The highest BCUT2D eigenvalue weighted by Gasteiger charge is 2.18. The van der Waals surface area contributed by atoms with Crippen molar-refractivity contribution in [2.24, 2.45) is 0 Å². The van der Waals surface area contributed by atoms with Crippen molar-refractivity contribution in [3.05, 3.63) is 30.0 Å². The zero-order valence-corrected chi connectivity index (χ0v) is 14.4. The molecule has 1 fully saturated rings. The average molecular weight is 358 g/mol. The number of amides is 2. The van der Waals surface area contributed by atoms with Gasteiger partial charge in [-0.1, -0.05) is 31.0 Å². The molecule has 0 bridgehead atoms. The van der Waals surface area contributed by atoms with E-state index in [9.17, 15) is 14.4 Å². The lowest BCUT2D eigenvalue weighted by Gasteiger charge is -2.12. The highest BCUT2D eigenvalue weighted by molar-refractivity contribution is 6.04. The van der Waals surface area contributed by atoms with Crippen LogP contribution in [0.25, 0.3) is 10.9 Å². The van der Waals surface area contributed by atoms with Crippen molar-refractivity contribution >= 4 is 28.7 Å². The maximum Gasteiger partial charge on any atom is 0.308 e. The first-order valence-corrected chi connectivity index (χ1v) is 8.80. The first-order valence-electron chi connectivity index (χ1n) is 8.80. The molecular weight excluding hydrogens is 336 g/mol. The minimum absolute atomic E-state index is 0.00912. The molecule has 0 aliphatic heterocycles. The Labute approximate surface area is 150 Å². The van der Waals surface area contributed by atoms with Gasteiger partial charge in [0, 0.05) is 18.0 Å². The molecule has 3 N–H and O–H groups in total. The van der Waals surface area contributed by atoms with E-state index >= 15 is 0 Å². The fraction of sp³-hybridized carbons (Fsp3) is 0.444. The summed E-state index contributed by atoms with van der Waals surface area (Å²) in [6.45, 7) is -0.170. The van der Waals surface area contributed by atoms with Crippen LogP contribution in [0.1, 0.15) is 42.6 Å². The Hall–Kier alpha value is -2.90. The number of aromatic amines is 1. The highest BCUT2D eigenvalue weighted by Crippen LogP contribution is 2.17. The fourth-order valence-corrected chi connectivity index (χ4v) is 3.06. The van der Waals surface area contributed by atoms with Crippen LogP contribution < -0.4 is 10.6 Å². The molecule has 2 amide bonds. The number of H-pyrrole nitrogens is 1. The number of ether oxygens (including phenoxy) is 1. The van der Waals surface area contributed by atoms with Crippen molar-refractivity contribution in [1.29, 1.82) is 0 Å². The molecule has 0 saturated heterocycles. The van der Waals surface area contributed by atoms with Gasteiger partial charge in [-0.05, 0) is 18.9 Å². The van der Waals surface area contributed by atoms with Crippen molar-refractivity contribution < 1.29 is 19.1 Å². The monoisotopic (exact) mass is 358 g/mol. The second kappa shape index (κ2) is 8.46. The number of aromatic nitrogens is 2. The summed E-state index contributed by atoms with van der Waals surface area (Å²) in [6.07, 6.45) is 4.19. The molecule has 0 spiro atoms. The van der Waals surface area contributed by atoms with Crippen molar-refractivity contribution in [3.8, 4) is 0 Å². The molecule has 1 saturated carbocycles. The Bertz CT molecular complexity index is 795. The first kappa shape index (κ1) is 17.9.